The van der Waals surface area contributed by atoms with E-state index in [-0.39, 0.29) is 0 Å². The van der Waals surface area contributed by atoms with Crippen LogP contribution in [-0.2, 0) is 4.79 Å². The predicted octanol–water partition coefficient (Wildman–Crippen LogP) is -0.288. The Hall–Kier alpha value is -0.820. The molecule has 4 nitrogen and oxygen atoms in total. The van der Waals surface area contributed by atoms with Crippen LogP contribution >= 0.6 is 0 Å². The lowest BCUT2D eigenvalue weighted by atomic mass is 9.97. The number of alkyl halides is 3. The number of aliphatic hydroxyl groups is 1. The second-order valence-corrected chi connectivity index (χ2v) is 2.46. The number of halogens is 3. The average molecular weight is 187 g/mol. The van der Waals surface area contributed by atoms with E-state index in [1.807, 2.05) is 0 Å². The van der Waals surface area contributed by atoms with E-state index < -0.39 is 23.8 Å². The Morgan fingerprint density at radius 3 is 1.92 bits per heavy atom. The Morgan fingerprint density at radius 1 is 1.50 bits per heavy atom. The van der Waals surface area contributed by atoms with Gasteiger partial charge in [0.25, 0.3) is 0 Å². The molecule has 7 heteroatoms. The van der Waals surface area contributed by atoms with Crippen molar-refractivity contribution in [2.24, 2.45) is 5.73 Å². The van der Waals surface area contributed by atoms with Crippen LogP contribution in [0.15, 0.2) is 0 Å². The van der Waals surface area contributed by atoms with Gasteiger partial charge < -0.3 is 15.9 Å². The van der Waals surface area contributed by atoms with E-state index in [0.717, 1.165) is 0 Å². The zero-order valence-electron chi connectivity index (χ0n) is 6.09. The largest absolute Gasteiger partial charge is 0.480 e. The van der Waals surface area contributed by atoms with Crippen molar-refractivity contribution in [1.82, 2.24) is 0 Å². The molecular formula is C5H8F3NO3. The van der Waals surface area contributed by atoms with Crippen molar-refractivity contribution in [2.75, 3.05) is 0 Å². The molecule has 0 aromatic rings. The third-order valence-corrected chi connectivity index (χ3v) is 1.45. The first kappa shape index (κ1) is 11.2. The lowest BCUT2D eigenvalue weighted by Gasteiger charge is -2.29. The highest BCUT2D eigenvalue weighted by Gasteiger charge is 2.56. The average Bonchev–Trinajstić information content (AvgIpc) is 1.83. The van der Waals surface area contributed by atoms with Gasteiger partial charge in [-0.3, -0.25) is 4.79 Å². The summed E-state index contributed by atoms with van der Waals surface area (Å²) in [5.74, 6) is -1.91. The van der Waals surface area contributed by atoms with Crippen molar-refractivity contribution in [1.29, 1.82) is 0 Å². The fourth-order valence-electron chi connectivity index (χ4n) is 0.417. The smallest absolute Gasteiger partial charge is 0.419 e. The second-order valence-electron chi connectivity index (χ2n) is 2.46. The molecule has 12 heavy (non-hydrogen) atoms. The highest BCUT2D eigenvalue weighted by molar-refractivity contribution is 5.74. The first-order chi connectivity index (χ1) is 5.10. The first-order valence-corrected chi connectivity index (χ1v) is 2.88. The molecule has 2 atom stereocenters. The van der Waals surface area contributed by atoms with Gasteiger partial charge in [-0.2, -0.15) is 13.2 Å². The fourth-order valence-corrected chi connectivity index (χ4v) is 0.417. The van der Waals surface area contributed by atoms with Crippen LogP contribution in [0.25, 0.3) is 0 Å². The van der Waals surface area contributed by atoms with Crippen molar-refractivity contribution >= 4 is 5.97 Å². The molecule has 72 valence electrons. The number of carboxylic acid groups (broad SMARTS) is 1. The van der Waals surface area contributed by atoms with Gasteiger partial charge in [-0.05, 0) is 6.92 Å². The molecule has 0 fully saturated rings. The summed E-state index contributed by atoms with van der Waals surface area (Å²) in [4.78, 5) is 10.0. The molecular weight excluding hydrogens is 179 g/mol. The van der Waals surface area contributed by atoms with E-state index in [0.29, 0.717) is 6.92 Å². The molecule has 0 aromatic carbocycles. The van der Waals surface area contributed by atoms with Crippen LogP contribution in [0.1, 0.15) is 6.92 Å². The summed E-state index contributed by atoms with van der Waals surface area (Å²) in [7, 11) is 0. The van der Waals surface area contributed by atoms with Crippen LogP contribution in [0.3, 0.4) is 0 Å². The summed E-state index contributed by atoms with van der Waals surface area (Å²) < 4.78 is 35.6. The molecule has 0 saturated heterocycles. The summed E-state index contributed by atoms with van der Waals surface area (Å²) in [6.07, 6.45) is -5.05. The molecule has 0 heterocycles. The van der Waals surface area contributed by atoms with Crippen molar-refractivity contribution in [3.8, 4) is 0 Å². The van der Waals surface area contributed by atoms with Crippen LogP contribution in [0.4, 0.5) is 13.2 Å². The van der Waals surface area contributed by atoms with Gasteiger partial charge in [-0.1, -0.05) is 0 Å². The van der Waals surface area contributed by atoms with Crippen LogP contribution < -0.4 is 5.73 Å². The molecule has 0 aromatic heterocycles. The molecule has 0 aliphatic heterocycles. The minimum Gasteiger partial charge on any atom is -0.480 e. The lowest BCUT2D eigenvalue weighted by Crippen LogP contribution is -2.59. The van der Waals surface area contributed by atoms with Crippen LogP contribution in [0.5, 0.6) is 0 Å². The number of aliphatic carboxylic acids is 1. The van der Waals surface area contributed by atoms with E-state index in [1.165, 1.54) is 0 Å². The molecule has 0 rings (SSSR count). The van der Waals surface area contributed by atoms with Crippen LogP contribution in [0, 0.1) is 0 Å². The van der Waals surface area contributed by atoms with Gasteiger partial charge in [0, 0.05) is 0 Å². The number of carbonyl (C=O) groups is 1. The molecule has 0 spiro atoms. The maximum absolute atomic E-state index is 11.9. The molecule has 0 bridgehead atoms. The standard InChI is InChI=1S/C5H8F3NO3/c1-4(12,5(6,7)8)2(9)3(10)11/h2,12H,9H2,1H3,(H,10,11)/t2?,4-/m0/s1. The van der Waals surface area contributed by atoms with Crippen molar-refractivity contribution in [2.45, 2.75) is 24.7 Å². The number of hydrogen-bond acceptors (Lipinski definition) is 3. The Balaban J connectivity index is 4.73. The number of nitrogens with two attached hydrogens (primary N) is 1. The quantitative estimate of drug-likeness (QED) is 0.554. The topological polar surface area (TPSA) is 83.5 Å². The Bertz CT molecular complexity index is 189. The van der Waals surface area contributed by atoms with Crippen molar-refractivity contribution < 1.29 is 28.2 Å². The van der Waals surface area contributed by atoms with E-state index in [1.54, 1.807) is 0 Å². The van der Waals surface area contributed by atoms with Gasteiger partial charge in [0.15, 0.2) is 5.60 Å². The van der Waals surface area contributed by atoms with Gasteiger partial charge in [-0.25, -0.2) is 0 Å². The molecule has 0 amide bonds. The Kier molecular flexibility index (Phi) is 2.71. The van der Waals surface area contributed by atoms with Crippen molar-refractivity contribution in [3.05, 3.63) is 0 Å². The number of rotatable bonds is 2. The van der Waals surface area contributed by atoms with Gasteiger partial charge >= 0.3 is 12.1 Å². The molecule has 0 aliphatic rings. The van der Waals surface area contributed by atoms with E-state index in [9.17, 15) is 18.0 Å². The highest BCUT2D eigenvalue weighted by Crippen LogP contribution is 2.31. The lowest BCUT2D eigenvalue weighted by molar-refractivity contribution is -0.260. The summed E-state index contributed by atoms with van der Waals surface area (Å²) in [6.45, 7) is 0.311. The minimum atomic E-state index is -5.05. The number of hydrogen-bond donors (Lipinski definition) is 3. The summed E-state index contributed by atoms with van der Waals surface area (Å²) >= 11 is 0. The van der Waals surface area contributed by atoms with Gasteiger partial charge in [0.2, 0.25) is 0 Å². The molecule has 0 saturated carbocycles. The first-order valence-electron chi connectivity index (χ1n) is 2.88. The monoisotopic (exact) mass is 187 g/mol. The van der Waals surface area contributed by atoms with Gasteiger partial charge in [-0.15, -0.1) is 0 Å². The third-order valence-electron chi connectivity index (χ3n) is 1.45. The SMILES string of the molecule is C[C@](O)(C(N)C(=O)O)C(F)(F)F. The maximum Gasteiger partial charge on any atom is 0.419 e. The maximum atomic E-state index is 11.9. The summed E-state index contributed by atoms with van der Waals surface area (Å²) in [5.41, 5.74) is 1.21. The zero-order chi connectivity index (χ0) is 10.2. The Morgan fingerprint density at radius 2 is 1.83 bits per heavy atom. The van der Waals surface area contributed by atoms with E-state index in [4.69, 9.17) is 10.2 Å². The van der Waals surface area contributed by atoms with E-state index in [2.05, 4.69) is 5.73 Å². The normalized spacial score (nSPS) is 19.8. The molecule has 1 unspecified atom stereocenters. The molecule has 4 N–H and O–H groups in total. The summed E-state index contributed by atoms with van der Waals surface area (Å²) in [6, 6.07) is -2.38. The number of carboxylic acids is 1. The van der Waals surface area contributed by atoms with Gasteiger partial charge in [0.05, 0.1) is 0 Å². The van der Waals surface area contributed by atoms with Crippen molar-refractivity contribution in [3.63, 3.8) is 0 Å². The summed E-state index contributed by atoms with van der Waals surface area (Å²) in [5, 5.41) is 16.8. The van der Waals surface area contributed by atoms with Crippen LogP contribution in [0.2, 0.25) is 0 Å². The predicted molar refractivity (Wildman–Crippen MR) is 32.3 cm³/mol. The third kappa shape index (κ3) is 1.86. The van der Waals surface area contributed by atoms with Crippen LogP contribution in [-0.4, -0.2) is 34.0 Å². The molecule has 0 aliphatic carbocycles. The van der Waals surface area contributed by atoms with Gasteiger partial charge in [0.1, 0.15) is 6.04 Å². The minimum absolute atomic E-state index is 0.311. The highest BCUT2D eigenvalue weighted by atomic mass is 19.4. The molecule has 0 radical (unpaired) electrons. The fraction of sp³-hybridized carbons (Fsp3) is 0.800. The van der Waals surface area contributed by atoms with E-state index >= 15 is 0 Å². The zero-order valence-corrected chi connectivity index (χ0v) is 6.09. The second kappa shape index (κ2) is 2.91. The Labute approximate surface area is 65.8 Å².